The van der Waals surface area contributed by atoms with E-state index in [1.165, 1.54) is 12.1 Å². The number of hydrogen-bond donors (Lipinski definition) is 1. The van der Waals surface area contributed by atoms with Gasteiger partial charge < -0.3 is 5.32 Å². The van der Waals surface area contributed by atoms with Gasteiger partial charge in [-0.2, -0.15) is 0 Å². The molecule has 1 aromatic rings. The first kappa shape index (κ1) is 11.6. The van der Waals surface area contributed by atoms with E-state index in [0.717, 1.165) is 5.56 Å². The van der Waals surface area contributed by atoms with E-state index in [4.69, 9.17) is 0 Å². The Morgan fingerprint density at radius 1 is 1.47 bits per heavy atom. The van der Waals surface area contributed by atoms with Crippen LogP contribution in [0.25, 0.3) is 0 Å². The van der Waals surface area contributed by atoms with Gasteiger partial charge in [-0.25, -0.2) is 0 Å². The second-order valence-corrected chi connectivity index (χ2v) is 4.70. The Morgan fingerprint density at radius 3 is 2.76 bits per heavy atom. The van der Waals surface area contributed by atoms with Gasteiger partial charge in [0.15, 0.2) is 0 Å². The lowest BCUT2D eigenvalue weighted by molar-refractivity contribution is -0.384. The molecule has 0 bridgehead atoms. The molecule has 1 atom stereocenters. The summed E-state index contributed by atoms with van der Waals surface area (Å²) in [5, 5.41) is 13.5. The number of amides is 1. The molecule has 0 saturated heterocycles. The summed E-state index contributed by atoms with van der Waals surface area (Å²) in [5.74, 6) is 0.0510. The minimum atomic E-state index is -0.435. The lowest BCUT2D eigenvalue weighted by Crippen LogP contribution is -2.13. The van der Waals surface area contributed by atoms with Crippen molar-refractivity contribution >= 4 is 17.3 Å². The number of nitrogens with zero attached hydrogens (tertiary/aromatic N) is 1. The smallest absolute Gasteiger partial charge is 0.269 e. The Bertz CT molecular complexity index is 483. The predicted molar refractivity (Wildman–Crippen MR) is 63.9 cm³/mol. The molecule has 90 valence electrons. The third-order valence-corrected chi connectivity index (χ3v) is 2.90. The van der Waals surface area contributed by atoms with Crippen molar-refractivity contribution < 1.29 is 9.72 Å². The minimum Gasteiger partial charge on any atom is -0.325 e. The molecule has 2 rings (SSSR count). The standard InChI is InChI=1S/C12H14N2O3/c1-7(2)5-10-9-6-8(14(16)17)3-4-11(9)13-12(10)15/h3-4,6-7,10H,5H2,1-2H3,(H,13,15). The number of fused-ring (bicyclic) bond motifs is 1. The Kier molecular flexibility index (Phi) is 2.83. The van der Waals surface area contributed by atoms with Gasteiger partial charge in [-0.05, 0) is 24.0 Å². The van der Waals surface area contributed by atoms with Crippen molar-refractivity contribution in [3.05, 3.63) is 33.9 Å². The fraction of sp³-hybridized carbons (Fsp3) is 0.417. The van der Waals surface area contributed by atoms with E-state index in [9.17, 15) is 14.9 Å². The van der Waals surface area contributed by atoms with Gasteiger partial charge in [0.2, 0.25) is 5.91 Å². The monoisotopic (exact) mass is 234 g/mol. The van der Waals surface area contributed by atoms with E-state index < -0.39 is 4.92 Å². The van der Waals surface area contributed by atoms with Crippen LogP contribution in [-0.4, -0.2) is 10.8 Å². The number of non-ortho nitro benzene ring substituents is 1. The van der Waals surface area contributed by atoms with Crippen LogP contribution in [0.5, 0.6) is 0 Å². The maximum Gasteiger partial charge on any atom is 0.269 e. The number of carbonyl (C=O) groups excluding carboxylic acids is 1. The van der Waals surface area contributed by atoms with Crippen molar-refractivity contribution in [2.75, 3.05) is 5.32 Å². The molecule has 1 N–H and O–H groups in total. The van der Waals surface area contributed by atoms with Crippen LogP contribution >= 0.6 is 0 Å². The van der Waals surface area contributed by atoms with Gasteiger partial charge >= 0.3 is 0 Å². The summed E-state index contributed by atoms with van der Waals surface area (Å²) in [6.45, 7) is 4.06. The first-order chi connectivity index (χ1) is 7.99. The highest BCUT2D eigenvalue weighted by Crippen LogP contribution is 2.38. The summed E-state index contributed by atoms with van der Waals surface area (Å²) < 4.78 is 0. The van der Waals surface area contributed by atoms with Crippen LogP contribution in [0.1, 0.15) is 31.7 Å². The third-order valence-electron chi connectivity index (χ3n) is 2.90. The van der Waals surface area contributed by atoms with E-state index >= 15 is 0 Å². The summed E-state index contributed by atoms with van der Waals surface area (Å²) in [4.78, 5) is 22.0. The highest BCUT2D eigenvalue weighted by molar-refractivity contribution is 6.03. The molecular weight excluding hydrogens is 220 g/mol. The summed E-state index contributed by atoms with van der Waals surface area (Å²) in [6.07, 6.45) is 0.708. The number of benzene rings is 1. The highest BCUT2D eigenvalue weighted by atomic mass is 16.6. The lowest BCUT2D eigenvalue weighted by atomic mass is 9.91. The largest absolute Gasteiger partial charge is 0.325 e. The van der Waals surface area contributed by atoms with E-state index in [-0.39, 0.29) is 17.5 Å². The number of hydrogen-bond acceptors (Lipinski definition) is 3. The van der Waals surface area contributed by atoms with Gasteiger partial charge in [0, 0.05) is 17.8 Å². The van der Waals surface area contributed by atoms with E-state index in [1.807, 2.05) is 13.8 Å². The quantitative estimate of drug-likeness (QED) is 0.645. The number of anilines is 1. The van der Waals surface area contributed by atoms with E-state index in [1.54, 1.807) is 6.07 Å². The Hall–Kier alpha value is -1.91. The molecule has 1 unspecified atom stereocenters. The van der Waals surface area contributed by atoms with Gasteiger partial charge in [0.05, 0.1) is 10.8 Å². The molecule has 5 heteroatoms. The number of nitro benzene ring substituents is 1. The summed E-state index contributed by atoms with van der Waals surface area (Å²) in [7, 11) is 0. The van der Waals surface area contributed by atoms with E-state index in [2.05, 4.69) is 5.32 Å². The normalized spacial score (nSPS) is 18.1. The van der Waals surface area contributed by atoms with Crippen molar-refractivity contribution in [3.63, 3.8) is 0 Å². The zero-order valence-corrected chi connectivity index (χ0v) is 9.77. The van der Waals surface area contributed by atoms with Crippen molar-refractivity contribution in [1.29, 1.82) is 0 Å². The number of nitro groups is 1. The first-order valence-electron chi connectivity index (χ1n) is 5.58. The van der Waals surface area contributed by atoms with Crippen molar-refractivity contribution in [2.45, 2.75) is 26.2 Å². The lowest BCUT2D eigenvalue weighted by Gasteiger charge is -2.10. The Morgan fingerprint density at radius 2 is 2.18 bits per heavy atom. The fourth-order valence-electron chi connectivity index (χ4n) is 2.13. The van der Waals surface area contributed by atoms with E-state index in [0.29, 0.717) is 18.0 Å². The predicted octanol–water partition coefficient (Wildman–Crippen LogP) is 2.68. The van der Waals surface area contributed by atoms with Crippen molar-refractivity contribution in [2.24, 2.45) is 5.92 Å². The zero-order valence-electron chi connectivity index (χ0n) is 9.77. The summed E-state index contributed by atoms with van der Waals surface area (Å²) in [6, 6.07) is 4.52. The molecule has 1 heterocycles. The highest BCUT2D eigenvalue weighted by Gasteiger charge is 2.32. The first-order valence-corrected chi connectivity index (χ1v) is 5.58. The molecule has 0 saturated carbocycles. The van der Waals surface area contributed by atoms with Gasteiger partial charge in [-0.1, -0.05) is 13.8 Å². The Balaban J connectivity index is 2.39. The SMILES string of the molecule is CC(C)CC1C(=O)Nc2ccc([N+](=O)[O-])cc21. The topological polar surface area (TPSA) is 72.2 Å². The molecule has 1 amide bonds. The molecule has 0 fully saturated rings. The van der Waals surface area contributed by atoms with Crippen molar-refractivity contribution in [1.82, 2.24) is 0 Å². The molecule has 1 aliphatic heterocycles. The number of nitrogens with one attached hydrogen (secondary N) is 1. The second-order valence-electron chi connectivity index (χ2n) is 4.70. The third kappa shape index (κ3) is 2.13. The molecular formula is C12H14N2O3. The van der Waals surface area contributed by atoms with Crippen LogP contribution in [0.4, 0.5) is 11.4 Å². The molecule has 5 nitrogen and oxygen atoms in total. The Labute approximate surface area is 99.0 Å². The maximum absolute atomic E-state index is 11.8. The van der Waals surface area contributed by atoms with Gasteiger partial charge in [0.1, 0.15) is 0 Å². The molecule has 0 aliphatic carbocycles. The van der Waals surface area contributed by atoms with Crippen LogP contribution in [-0.2, 0) is 4.79 Å². The van der Waals surface area contributed by atoms with Gasteiger partial charge in [-0.3, -0.25) is 14.9 Å². The number of rotatable bonds is 3. The van der Waals surface area contributed by atoms with Crippen LogP contribution in [0.2, 0.25) is 0 Å². The zero-order chi connectivity index (χ0) is 12.6. The van der Waals surface area contributed by atoms with Crippen molar-refractivity contribution in [3.8, 4) is 0 Å². The molecule has 1 aromatic carbocycles. The number of carbonyl (C=O) groups is 1. The van der Waals surface area contributed by atoms with Gasteiger partial charge in [-0.15, -0.1) is 0 Å². The van der Waals surface area contributed by atoms with Crippen LogP contribution in [0.15, 0.2) is 18.2 Å². The maximum atomic E-state index is 11.8. The van der Waals surface area contributed by atoms with Crippen LogP contribution < -0.4 is 5.32 Å². The molecule has 0 aromatic heterocycles. The summed E-state index contributed by atoms with van der Waals surface area (Å²) in [5.41, 5.74) is 1.48. The molecule has 17 heavy (non-hydrogen) atoms. The van der Waals surface area contributed by atoms with Crippen LogP contribution in [0, 0.1) is 16.0 Å². The average Bonchev–Trinajstić information content (AvgIpc) is 2.54. The molecule has 1 aliphatic rings. The minimum absolute atomic E-state index is 0.0361. The molecule has 0 radical (unpaired) electrons. The second kappa shape index (κ2) is 4.16. The van der Waals surface area contributed by atoms with Crippen LogP contribution in [0.3, 0.4) is 0 Å². The summed E-state index contributed by atoms with van der Waals surface area (Å²) >= 11 is 0. The molecule has 0 spiro atoms. The van der Waals surface area contributed by atoms with Gasteiger partial charge in [0.25, 0.3) is 5.69 Å². The average molecular weight is 234 g/mol. The fourth-order valence-corrected chi connectivity index (χ4v) is 2.13.